The van der Waals surface area contributed by atoms with Crippen molar-refractivity contribution in [3.63, 3.8) is 0 Å². The molecule has 1 aromatic heterocycles. The number of nitrogens with one attached hydrogen (secondary N) is 2. The van der Waals surface area contributed by atoms with Crippen LogP contribution in [0.4, 0.5) is 13.2 Å². The second-order valence-electron chi connectivity index (χ2n) is 13.7. The van der Waals surface area contributed by atoms with Crippen LogP contribution in [0.1, 0.15) is 56.4 Å². The van der Waals surface area contributed by atoms with Crippen LogP contribution in [0.2, 0.25) is 0 Å². The van der Waals surface area contributed by atoms with E-state index in [9.17, 15) is 27.9 Å². The normalized spacial score (nSPS) is 18.7. The number of nitrogens with zero attached hydrogens (tertiary/aromatic N) is 2. The Morgan fingerprint density at radius 1 is 1.10 bits per heavy atom. The molecule has 2 saturated heterocycles. The average molecular weight is 692 g/mol. The number of morpholine rings is 1. The molecule has 2 aliphatic heterocycles. The van der Waals surface area contributed by atoms with Gasteiger partial charge in [-0.3, -0.25) is 14.5 Å². The van der Waals surface area contributed by atoms with E-state index < -0.39 is 17.7 Å². The number of halogens is 3. The van der Waals surface area contributed by atoms with Crippen molar-refractivity contribution in [1.29, 1.82) is 0 Å². The number of alkyl halides is 3. The molecule has 0 radical (unpaired) electrons. The highest BCUT2D eigenvalue weighted by Gasteiger charge is 2.48. The number of aromatic hydroxyl groups is 1. The number of aromatic nitrogens is 1. The van der Waals surface area contributed by atoms with Crippen molar-refractivity contribution in [2.45, 2.75) is 69.2 Å². The number of likely N-dealkylation sites (tertiary alicyclic amines) is 1. The van der Waals surface area contributed by atoms with E-state index in [1.54, 1.807) is 12.1 Å². The van der Waals surface area contributed by atoms with Gasteiger partial charge in [-0.2, -0.15) is 17.4 Å². The summed E-state index contributed by atoms with van der Waals surface area (Å²) in [6.45, 7) is 9.79. The van der Waals surface area contributed by atoms with Crippen molar-refractivity contribution in [1.82, 2.24) is 20.1 Å². The number of phenolic OH excluding ortho intramolecular Hbond substituents is 1. The van der Waals surface area contributed by atoms with Crippen molar-refractivity contribution < 1.29 is 32.0 Å². The summed E-state index contributed by atoms with van der Waals surface area (Å²) in [5.41, 5.74) is 2.62. The molecule has 0 bridgehead atoms. The van der Waals surface area contributed by atoms with Crippen LogP contribution in [0.15, 0.2) is 53.3 Å². The molecular weight excluding hydrogens is 645 g/mol. The smallest absolute Gasteiger partial charge is 0.471 e. The lowest BCUT2D eigenvalue weighted by Gasteiger charge is -2.47. The minimum absolute atomic E-state index is 0.0137. The lowest BCUT2D eigenvalue weighted by molar-refractivity contribution is -0.200. The number of carbonyl (C=O) groups excluding carboxylic acids is 1. The number of hydrogen-bond acceptors (Lipinski definition) is 7. The van der Waals surface area contributed by atoms with Gasteiger partial charge >= 0.3 is 12.1 Å². The minimum atomic E-state index is -4.87. The van der Waals surface area contributed by atoms with Crippen LogP contribution in [-0.2, 0) is 37.9 Å². The Balaban J connectivity index is 1.16. The van der Waals surface area contributed by atoms with E-state index in [2.05, 4.69) is 60.4 Å². The number of rotatable bonds is 10. The van der Waals surface area contributed by atoms with Crippen molar-refractivity contribution in [3.8, 4) is 5.75 Å². The van der Waals surface area contributed by atoms with Gasteiger partial charge in [0.15, 0.2) is 10.9 Å². The van der Waals surface area contributed by atoms with Gasteiger partial charge in [0.1, 0.15) is 23.2 Å². The standard InChI is InChI=1S/C35H45F3N4O5S/c1-33(2,3)48(4)47-29(26-8-10-28(43)31-27(26)9-11-30(44)40-31)21-39-15-12-24-6-5-7-25(20-24)22-41-16-13-34(14-17-41)23-42(18-19-46-34)32(45)35(36,37)38/h5-11,20,29,39H,12-19,21-23H2,1-4H3,(H-,40,43,44)/p+1/t29-,48?/m0/s1. The number of ether oxygens (including phenoxy) is 1. The van der Waals surface area contributed by atoms with Crippen molar-refractivity contribution in [3.05, 3.63) is 75.6 Å². The Bertz CT molecular complexity index is 1630. The maximum absolute atomic E-state index is 13.0. The Morgan fingerprint density at radius 3 is 2.54 bits per heavy atom. The van der Waals surface area contributed by atoms with Crippen LogP contribution in [0.5, 0.6) is 5.75 Å². The second kappa shape index (κ2) is 14.8. The van der Waals surface area contributed by atoms with Crippen molar-refractivity contribution in [2.24, 2.45) is 0 Å². The highest BCUT2D eigenvalue weighted by Crippen LogP contribution is 2.34. The number of H-pyrrole nitrogens is 1. The number of pyridine rings is 1. The van der Waals surface area contributed by atoms with Crippen LogP contribution in [-0.4, -0.2) is 94.5 Å². The van der Waals surface area contributed by atoms with Crippen LogP contribution in [0, 0.1) is 0 Å². The van der Waals surface area contributed by atoms with Gasteiger partial charge in [0, 0.05) is 44.2 Å². The fourth-order valence-corrected chi connectivity index (χ4v) is 7.09. The molecule has 2 fully saturated rings. The monoisotopic (exact) mass is 691 g/mol. The Labute approximate surface area is 282 Å². The third-order valence-electron chi connectivity index (χ3n) is 9.24. The summed E-state index contributed by atoms with van der Waals surface area (Å²) in [6, 6.07) is 15.0. The van der Waals surface area contributed by atoms with Gasteiger partial charge in [0.05, 0.1) is 24.3 Å². The van der Waals surface area contributed by atoms with Gasteiger partial charge in [0.2, 0.25) is 5.56 Å². The fraction of sp³-hybridized carbons (Fsp3) is 0.543. The van der Waals surface area contributed by atoms with E-state index in [1.807, 2.05) is 12.1 Å². The first-order valence-electron chi connectivity index (χ1n) is 16.3. The summed E-state index contributed by atoms with van der Waals surface area (Å²) in [4.78, 5) is 29.7. The fourth-order valence-electron chi connectivity index (χ4n) is 6.28. The molecule has 1 amide bonds. The van der Waals surface area contributed by atoms with E-state index in [1.165, 1.54) is 11.6 Å². The topological polar surface area (TPSA) is 107 Å². The first-order valence-corrected chi connectivity index (χ1v) is 17.9. The highest BCUT2D eigenvalue weighted by atomic mass is 32.2. The van der Waals surface area contributed by atoms with E-state index in [0.717, 1.165) is 34.4 Å². The largest absolute Gasteiger partial charge is 0.506 e. The number of fused-ring (bicyclic) bond motifs is 1. The molecule has 3 N–H and O–H groups in total. The molecular formula is C35H46F3N4O5S+. The molecule has 3 heterocycles. The van der Waals surface area contributed by atoms with Gasteiger partial charge in [-0.05, 0) is 75.4 Å². The summed E-state index contributed by atoms with van der Waals surface area (Å²) >= 11 is -0.380. The SMILES string of the molecule is C[S+](O[C@@H](CNCCc1cccc(CN2CCC3(CC2)CN(C(=O)C(F)(F)F)CCO3)c1)c1ccc(O)c2[nH]c(=O)ccc12)C(C)(C)C. The number of aromatic amines is 1. The number of piperidine rings is 1. The predicted molar refractivity (Wildman–Crippen MR) is 182 cm³/mol. The lowest BCUT2D eigenvalue weighted by Crippen LogP contribution is -2.59. The molecule has 2 atom stereocenters. The number of benzene rings is 2. The first kappa shape index (κ1) is 36.2. The quantitative estimate of drug-likeness (QED) is 0.207. The number of carbonyl (C=O) groups is 1. The summed E-state index contributed by atoms with van der Waals surface area (Å²) in [5, 5.41) is 14.7. The Kier molecular flexibility index (Phi) is 11.2. The molecule has 1 unspecified atom stereocenters. The first-order chi connectivity index (χ1) is 22.6. The summed E-state index contributed by atoms with van der Waals surface area (Å²) < 4.78 is 51.6. The number of amides is 1. The Morgan fingerprint density at radius 2 is 1.83 bits per heavy atom. The summed E-state index contributed by atoms with van der Waals surface area (Å²) in [6.07, 6.45) is -1.17. The van der Waals surface area contributed by atoms with Crippen molar-refractivity contribution >= 4 is 28.0 Å². The molecule has 13 heteroatoms. The zero-order chi connectivity index (χ0) is 34.7. The van der Waals surface area contributed by atoms with Crippen molar-refractivity contribution in [2.75, 3.05) is 52.1 Å². The molecule has 0 saturated carbocycles. The zero-order valence-electron chi connectivity index (χ0n) is 28.0. The van der Waals surface area contributed by atoms with E-state index in [-0.39, 0.29) is 53.0 Å². The molecule has 48 heavy (non-hydrogen) atoms. The summed E-state index contributed by atoms with van der Waals surface area (Å²) in [5.74, 6) is -1.77. The summed E-state index contributed by atoms with van der Waals surface area (Å²) in [7, 11) is 0. The predicted octanol–water partition coefficient (Wildman–Crippen LogP) is 4.84. The molecule has 2 aromatic carbocycles. The molecule has 262 valence electrons. The van der Waals surface area contributed by atoms with Gasteiger partial charge in [-0.1, -0.05) is 30.3 Å². The highest BCUT2D eigenvalue weighted by molar-refractivity contribution is 7.93. The molecule has 3 aromatic rings. The van der Waals surface area contributed by atoms with Gasteiger partial charge in [0.25, 0.3) is 0 Å². The molecule has 5 rings (SSSR count). The van der Waals surface area contributed by atoms with Crippen LogP contribution in [0.3, 0.4) is 0 Å². The maximum atomic E-state index is 13.0. The molecule has 0 aliphatic carbocycles. The minimum Gasteiger partial charge on any atom is -0.506 e. The van der Waals surface area contributed by atoms with Gasteiger partial charge in [-0.15, -0.1) is 0 Å². The third-order valence-corrected chi connectivity index (χ3v) is 11.5. The van der Waals surface area contributed by atoms with Gasteiger partial charge in [-0.25, -0.2) is 0 Å². The van der Waals surface area contributed by atoms with E-state index in [4.69, 9.17) is 8.92 Å². The molecule has 9 nitrogen and oxygen atoms in total. The molecule has 1 spiro atoms. The second-order valence-corrected chi connectivity index (χ2v) is 16.1. The Hall–Kier alpha value is -3.10. The average Bonchev–Trinajstić information content (AvgIpc) is 3.03. The number of phenols is 1. The van der Waals surface area contributed by atoms with Crippen LogP contribution >= 0.6 is 0 Å². The maximum Gasteiger partial charge on any atom is 0.471 e. The third kappa shape index (κ3) is 8.92. The van der Waals surface area contributed by atoms with E-state index >= 15 is 0 Å². The van der Waals surface area contributed by atoms with E-state index in [0.29, 0.717) is 44.5 Å². The van der Waals surface area contributed by atoms with Gasteiger partial charge < -0.3 is 25.0 Å². The zero-order valence-corrected chi connectivity index (χ0v) is 28.8. The van der Waals surface area contributed by atoms with Crippen LogP contribution in [0.25, 0.3) is 10.9 Å². The van der Waals surface area contributed by atoms with Crippen LogP contribution < -0.4 is 10.9 Å². The number of hydrogen-bond donors (Lipinski definition) is 3. The molecule has 2 aliphatic rings. The lowest BCUT2D eigenvalue weighted by atomic mass is 9.89.